The van der Waals surface area contributed by atoms with Gasteiger partial charge in [-0.2, -0.15) is 0 Å². The van der Waals surface area contributed by atoms with E-state index in [0.717, 1.165) is 5.88 Å². The third-order valence-electron chi connectivity index (χ3n) is 4.84. The van der Waals surface area contributed by atoms with Crippen LogP contribution >= 0.6 is 11.6 Å². The number of nitrogens with zero attached hydrogens (tertiary/aromatic N) is 1. The SMILES string of the molecule is CCCCCCCCCC[N+](CC)(CC)CCCCCl.[Br-]. The van der Waals surface area contributed by atoms with Crippen LogP contribution in [0.5, 0.6) is 0 Å². The molecule has 21 heavy (non-hydrogen) atoms. The zero-order valence-electron chi connectivity index (χ0n) is 14.8. The molecular weight excluding hydrogens is 346 g/mol. The molecule has 0 aromatic carbocycles. The van der Waals surface area contributed by atoms with Crippen molar-refractivity contribution in [1.82, 2.24) is 0 Å². The Balaban J connectivity index is 0. The third-order valence-corrected chi connectivity index (χ3v) is 5.11. The van der Waals surface area contributed by atoms with E-state index in [0.29, 0.717) is 0 Å². The molecule has 0 N–H and O–H groups in total. The molecule has 0 aromatic rings. The highest BCUT2D eigenvalue weighted by molar-refractivity contribution is 6.17. The van der Waals surface area contributed by atoms with Gasteiger partial charge in [0.25, 0.3) is 0 Å². The van der Waals surface area contributed by atoms with Crippen molar-refractivity contribution in [2.45, 2.75) is 85.0 Å². The summed E-state index contributed by atoms with van der Waals surface area (Å²) in [5.74, 6) is 0.825. The van der Waals surface area contributed by atoms with E-state index in [1.54, 1.807) is 0 Å². The Morgan fingerprint density at radius 1 is 0.619 bits per heavy atom. The number of hydrogen-bond acceptors (Lipinski definition) is 0. The Hall–Kier alpha value is 0.730. The monoisotopic (exact) mass is 383 g/mol. The van der Waals surface area contributed by atoms with E-state index in [9.17, 15) is 0 Å². The molecule has 0 amide bonds. The van der Waals surface area contributed by atoms with Crippen LogP contribution in [-0.2, 0) is 0 Å². The number of halogens is 2. The summed E-state index contributed by atoms with van der Waals surface area (Å²) in [7, 11) is 0. The second-order valence-corrected chi connectivity index (χ2v) is 6.67. The first-order chi connectivity index (χ1) is 9.74. The second-order valence-electron chi connectivity index (χ2n) is 6.29. The van der Waals surface area contributed by atoms with Crippen LogP contribution in [0.2, 0.25) is 0 Å². The van der Waals surface area contributed by atoms with Gasteiger partial charge in [-0.15, -0.1) is 11.6 Å². The molecule has 0 spiro atoms. The van der Waals surface area contributed by atoms with E-state index < -0.39 is 0 Å². The highest BCUT2D eigenvalue weighted by Gasteiger charge is 2.21. The number of alkyl halides is 1. The summed E-state index contributed by atoms with van der Waals surface area (Å²) in [4.78, 5) is 0. The Morgan fingerprint density at radius 2 is 1.05 bits per heavy atom. The van der Waals surface area contributed by atoms with Crippen LogP contribution in [0.4, 0.5) is 0 Å². The molecule has 0 atom stereocenters. The van der Waals surface area contributed by atoms with Crippen molar-refractivity contribution < 1.29 is 21.5 Å². The summed E-state index contributed by atoms with van der Waals surface area (Å²) in [5, 5.41) is 0. The molecule has 0 fully saturated rings. The predicted molar refractivity (Wildman–Crippen MR) is 93.6 cm³/mol. The van der Waals surface area contributed by atoms with Crippen molar-refractivity contribution in [2.24, 2.45) is 0 Å². The van der Waals surface area contributed by atoms with Crippen LogP contribution in [0.1, 0.15) is 85.0 Å². The van der Waals surface area contributed by atoms with Gasteiger partial charge in [0.1, 0.15) is 0 Å². The van der Waals surface area contributed by atoms with E-state index >= 15 is 0 Å². The average molecular weight is 385 g/mol. The van der Waals surface area contributed by atoms with Gasteiger partial charge in [-0.25, -0.2) is 0 Å². The van der Waals surface area contributed by atoms with Crippen molar-refractivity contribution in [3.05, 3.63) is 0 Å². The minimum atomic E-state index is 0. The number of rotatable bonds is 15. The molecule has 0 bridgehead atoms. The van der Waals surface area contributed by atoms with Gasteiger partial charge in [0.15, 0.2) is 0 Å². The van der Waals surface area contributed by atoms with E-state index in [1.807, 2.05) is 0 Å². The maximum atomic E-state index is 5.81. The maximum absolute atomic E-state index is 5.81. The van der Waals surface area contributed by atoms with Crippen molar-refractivity contribution >= 4 is 11.6 Å². The Morgan fingerprint density at radius 3 is 1.48 bits per heavy atom. The largest absolute Gasteiger partial charge is 1.00 e. The van der Waals surface area contributed by atoms with Crippen LogP contribution in [0, 0.1) is 0 Å². The quantitative estimate of drug-likeness (QED) is 0.231. The topological polar surface area (TPSA) is 0 Å². The number of hydrogen-bond donors (Lipinski definition) is 0. The summed E-state index contributed by atoms with van der Waals surface area (Å²) >= 11 is 5.81. The first-order valence-electron chi connectivity index (χ1n) is 9.15. The van der Waals surface area contributed by atoms with Gasteiger partial charge in [0.05, 0.1) is 26.2 Å². The number of unbranched alkanes of at least 4 members (excludes halogenated alkanes) is 8. The molecule has 130 valence electrons. The van der Waals surface area contributed by atoms with Crippen LogP contribution < -0.4 is 17.0 Å². The van der Waals surface area contributed by atoms with E-state index in [-0.39, 0.29) is 17.0 Å². The first kappa shape index (κ1) is 24.0. The molecule has 1 nitrogen and oxygen atoms in total. The van der Waals surface area contributed by atoms with E-state index in [2.05, 4.69) is 20.8 Å². The van der Waals surface area contributed by atoms with E-state index in [1.165, 1.54) is 94.9 Å². The molecule has 0 aromatic heterocycles. The number of quaternary nitrogens is 1. The second kappa shape index (κ2) is 17.1. The molecule has 0 saturated carbocycles. The lowest BCUT2D eigenvalue weighted by Crippen LogP contribution is -3.00. The Bertz CT molecular complexity index is 196. The summed E-state index contributed by atoms with van der Waals surface area (Å²) < 4.78 is 1.31. The Labute approximate surface area is 150 Å². The maximum Gasteiger partial charge on any atom is 0.0786 e. The average Bonchev–Trinajstić information content (AvgIpc) is 2.48. The molecule has 0 aliphatic rings. The molecule has 0 rings (SSSR count). The van der Waals surface area contributed by atoms with Crippen LogP contribution in [0.15, 0.2) is 0 Å². The first-order valence-corrected chi connectivity index (χ1v) is 9.69. The van der Waals surface area contributed by atoms with Gasteiger partial charge in [-0.1, -0.05) is 45.4 Å². The molecule has 0 radical (unpaired) electrons. The minimum Gasteiger partial charge on any atom is -1.00 e. The van der Waals surface area contributed by atoms with Crippen LogP contribution in [0.3, 0.4) is 0 Å². The lowest BCUT2D eigenvalue weighted by atomic mass is 10.1. The molecule has 0 aliphatic carbocycles. The van der Waals surface area contributed by atoms with Gasteiger partial charge < -0.3 is 21.5 Å². The van der Waals surface area contributed by atoms with Crippen LogP contribution in [0.25, 0.3) is 0 Å². The summed E-state index contributed by atoms with van der Waals surface area (Å²) in [6.45, 7) is 12.3. The van der Waals surface area contributed by atoms with Gasteiger partial charge in [0.2, 0.25) is 0 Å². The summed E-state index contributed by atoms with van der Waals surface area (Å²) in [6.07, 6.45) is 13.9. The van der Waals surface area contributed by atoms with Crippen molar-refractivity contribution in [2.75, 3.05) is 32.1 Å². The third kappa shape index (κ3) is 12.9. The highest BCUT2D eigenvalue weighted by Crippen LogP contribution is 2.14. The fraction of sp³-hybridized carbons (Fsp3) is 1.00. The fourth-order valence-corrected chi connectivity index (χ4v) is 3.28. The molecule has 3 heteroatoms. The molecule has 0 saturated heterocycles. The van der Waals surface area contributed by atoms with Crippen molar-refractivity contribution in [1.29, 1.82) is 0 Å². The van der Waals surface area contributed by atoms with Gasteiger partial charge in [-0.05, 0) is 39.5 Å². The van der Waals surface area contributed by atoms with Crippen molar-refractivity contribution in [3.8, 4) is 0 Å². The van der Waals surface area contributed by atoms with Crippen molar-refractivity contribution in [3.63, 3.8) is 0 Å². The highest BCUT2D eigenvalue weighted by atomic mass is 79.9. The summed E-state index contributed by atoms with van der Waals surface area (Å²) in [5.41, 5.74) is 0. The lowest BCUT2D eigenvalue weighted by molar-refractivity contribution is -0.925. The molecular formula is C18H39BrClN. The summed E-state index contributed by atoms with van der Waals surface area (Å²) in [6, 6.07) is 0. The standard InChI is InChI=1S/C18H39ClN.BrH/c1-4-7-8-9-10-11-12-14-17-20(5-2,6-3)18-15-13-16-19;/h4-18H2,1-3H3;1H/q+1;/p-1. The molecule has 0 heterocycles. The minimum absolute atomic E-state index is 0. The Kier molecular flexibility index (Phi) is 19.5. The smallest absolute Gasteiger partial charge is 0.0786 e. The van der Waals surface area contributed by atoms with Gasteiger partial charge >= 0.3 is 0 Å². The van der Waals surface area contributed by atoms with Gasteiger partial charge in [0, 0.05) is 5.88 Å². The zero-order chi connectivity index (χ0) is 15.1. The van der Waals surface area contributed by atoms with Crippen LogP contribution in [-0.4, -0.2) is 36.5 Å². The predicted octanol–water partition coefficient (Wildman–Crippen LogP) is 3.01. The lowest BCUT2D eigenvalue weighted by Gasteiger charge is -2.37. The molecule has 0 unspecified atom stereocenters. The van der Waals surface area contributed by atoms with Gasteiger partial charge in [-0.3, -0.25) is 0 Å². The fourth-order valence-electron chi connectivity index (χ4n) is 3.09. The van der Waals surface area contributed by atoms with E-state index in [4.69, 9.17) is 11.6 Å². The normalized spacial score (nSPS) is 11.4. The molecule has 0 aliphatic heterocycles. The zero-order valence-corrected chi connectivity index (χ0v) is 17.2.